The SMILES string of the molecule is Fc1ccc([C@H](c2ccc(Cl)s2)N2CCNCC2)cc1. The molecule has 1 saturated heterocycles. The van der Waals surface area contributed by atoms with Crippen LogP contribution in [0.4, 0.5) is 4.39 Å². The second-order valence-corrected chi connectivity index (χ2v) is 6.63. The smallest absolute Gasteiger partial charge is 0.123 e. The van der Waals surface area contributed by atoms with Crippen LogP contribution >= 0.6 is 22.9 Å². The van der Waals surface area contributed by atoms with E-state index >= 15 is 0 Å². The first kappa shape index (κ1) is 14.0. The summed E-state index contributed by atoms with van der Waals surface area (Å²) in [4.78, 5) is 3.63. The van der Waals surface area contributed by atoms with Crippen LogP contribution < -0.4 is 5.32 Å². The van der Waals surface area contributed by atoms with Gasteiger partial charge in [0.15, 0.2) is 0 Å². The van der Waals surface area contributed by atoms with Gasteiger partial charge in [0.05, 0.1) is 10.4 Å². The second-order valence-electron chi connectivity index (χ2n) is 4.88. The van der Waals surface area contributed by atoms with E-state index in [1.54, 1.807) is 11.3 Å². The topological polar surface area (TPSA) is 15.3 Å². The van der Waals surface area contributed by atoms with Crippen molar-refractivity contribution < 1.29 is 4.39 Å². The van der Waals surface area contributed by atoms with Gasteiger partial charge in [-0.1, -0.05) is 23.7 Å². The van der Waals surface area contributed by atoms with Gasteiger partial charge in [-0.2, -0.15) is 0 Å². The van der Waals surface area contributed by atoms with Gasteiger partial charge in [-0.25, -0.2) is 4.39 Å². The molecule has 0 radical (unpaired) electrons. The molecule has 1 aromatic carbocycles. The Hall–Kier alpha value is -0.940. The third kappa shape index (κ3) is 3.04. The lowest BCUT2D eigenvalue weighted by Crippen LogP contribution is -2.45. The highest BCUT2D eigenvalue weighted by molar-refractivity contribution is 7.16. The summed E-state index contributed by atoms with van der Waals surface area (Å²) in [5, 5.41) is 3.36. The third-order valence-corrected chi connectivity index (χ3v) is 4.85. The van der Waals surface area contributed by atoms with Crippen molar-refractivity contribution >= 4 is 22.9 Å². The monoisotopic (exact) mass is 310 g/mol. The van der Waals surface area contributed by atoms with Gasteiger partial charge in [-0.3, -0.25) is 4.90 Å². The number of nitrogens with zero attached hydrogens (tertiary/aromatic N) is 1. The Morgan fingerprint density at radius 3 is 2.40 bits per heavy atom. The first-order valence-corrected chi connectivity index (χ1v) is 7.89. The van der Waals surface area contributed by atoms with Gasteiger partial charge in [-0.05, 0) is 29.8 Å². The highest BCUT2D eigenvalue weighted by atomic mass is 35.5. The molecular formula is C15H16ClFN2S. The maximum atomic E-state index is 13.2. The van der Waals surface area contributed by atoms with Gasteiger partial charge in [-0.15, -0.1) is 11.3 Å². The van der Waals surface area contributed by atoms with Gasteiger partial charge < -0.3 is 5.32 Å². The molecule has 0 aliphatic carbocycles. The number of hydrogen-bond acceptors (Lipinski definition) is 3. The summed E-state index contributed by atoms with van der Waals surface area (Å²) in [6.45, 7) is 3.93. The minimum Gasteiger partial charge on any atom is -0.314 e. The quantitative estimate of drug-likeness (QED) is 0.933. The van der Waals surface area contributed by atoms with E-state index in [-0.39, 0.29) is 11.9 Å². The van der Waals surface area contributed by atoms with Gasteiger partial charge in [0, 0.05) is 31.1 Å². The number of halogens is 2. The third-order valence-electron chi connectivity index (χ3n) is 3.57. The fraction of sp³-hybridized carbons (Fsp3) is 0.333. The van der Waals surface area contributed by atoms with E-state index < -0.39 is 0 Å². The Bertz CT molecular complexity index is 564. The van der Waals surface area contributed by atoms with Crippen LogP contribution in [0.15, 0.2) is 36.4 Å². The molecule has 1 aromatic heterocycles. The highest BCUT2D eigenvalue weighted by Crippen LogP contribution is 2.35. The van der Waals surface area contributed by atoms with Crippen LogP contribution in [-0.4, -0.2) is 31.1 Å². The molecule has 1 N–H and O–H groups in total. The highest BCUT2D eigenvalue weighted by Gasteiger charge is 2.25. The van der Waals surface area contributed by atoms with Gasteiger partial charge in [0.1, 0.15) is 5.82 Å². The zero-order chi connectivity index (χ0) is 13.9. The molecule has 1 aliphatic heterocycles. The molecule has 1 fully saturated rings. The van der Waals surface area contributed by atoms with Crippen LogP contribution in [0.5, 0.6) is 0 Å². The van der Waals surface area contributed by atoms with Crippen LogP contribution in [-0.2, 0) is 0 Å². The molecule has 1 atom stereocenters. The fourth-order valence-electron chi connectivity index (χ4n) is 2.62. The lowest BCUT2D eigenvalue weighted by atomic mass is 10.0. The van der Waals surface area contributed by atoms with E-state index in [2.05, 4.69) is 16.3 Å². The molecule has 0 spiro atoms. The standard InChI is InChI=1S/C15H16ClFN2S/c16-14-6-5-13(20-14)15(19-9-7-18-8-10-19)11-1-3-12(17)4-2-11/h1-6,15,18H,7-10H2/t15-/m1/s1. The molecule has 20 heavy (non-hydrogen) atoms. The molecule has 0 bridgehead atoms. The van der Waals surface area contributed by atoms with E-state index in [4.69, 9.17) is 11.6 Å². The fourth-order valence-corrected chi connectivity index (χ4v) is 3.84. The average Bonchev–Trinajstić information content (AvgIpc) is 2.89. The number of piperazine rings is 1. The lowest BCUT2D eigenvalue weighted by Gasteiger charge is -2.34. The van der Waals surface area contributed by atoms with Crippen molar-refractivity contribution in [3.05, 3.63) is 57.0 Å². The number of benzene rings is 1. The van der Waals surface area contributed by atoms with Gasteiger partial charge >= 0.3 is 0 Å². The van der Waals surface area contributed by atoms with Crippen molar-refractivity contribution in [2.45, 2.75) is 6.04 Å². The Balaban J connectivity index is 1.95. The molecular weight excluding hydrogens is 295 g/mol. The van der Waals surface area contributed by atoms with Crippen molar-refractivity contribution in [3.8, 4) is 0 Å². The summed E-state index contributed by atoms with van der Waals surface area (Å²) in [5.41, 5.74) is 1.12. The molecule has 0 saturated carbocycles. The zero-order valence-corrected chi connectivity index (χ0v) is 12.6. The first-order valence-electron chi connectivity index (χ1n) is 6.69. The van der Waals surface area contributed by atoms with Crippen LogP contribution in [0.2, 0.25) is 4.34 Å². The largest absolute Gasteiger partial charge is 0.314 e. The normalized spacial score (nSPS) is 18.1. The van der Waals surface area contributed by atoms with Crippen LogP contribution in [0.1, 0.15) is 16.5 Å². The van der Waals surface area contributed by atoms with Gasteiger partial charge in [0.25, 0.3) is 0 Å². The summed E-state index contributed by atoms with van der Waals surface area (Å²) in [5.74, 6) is -0.197. The maximum Gasteiger partial charge on any atom is 0.123 e. The predicted octanol–water partition coefficient (Wildman–Crippen LogP) is 3.54. The van der Waals surface area contributed by atoms with Crippen molar-refractivity contribution in [1.82, 2.24) is 10.2 Å². The summed E-state index contributed by atoms with van der Waals surface area (Å²) < 4.78 is 14.0. The number of rotatable bonds is 3. The lowest BCUT2D eigenvalue weighted by molar-refractivity contribution is 0.200. The van der Waals surface area contributed by atoms with E-state index in [9.17, 15) is 4.39 Å². The van der Waals surface area contributed by atoms with E-state index in [0.29, 0.717) is 0 Å². The van der Waals surface area contributed by atoms with Crippen molar-refractivity contribution in [1.29, 1.82) is 0 Å². The summed E-state index contributed by atoms with van der Waals surface area (Å²) in [6.07, 6.45) is 0. The Morgan fingerprint density at radius 1 is 1.10 bits per heavy atom. The van der Waals surface area contributed by atoms with Crippen molar-refractivity contribution in [3.63, 3.8) is 0 Å². The molecule has 0 unspecified atom stereocenters. The average molecular weight is 311 g/mol. The minimum absolute atomic E-state index is 0.162. The summed E-state index contributed by atoms with van der Waals surface area (Å²) in [7, 11) is 0. The van der Waals surface area contributed by atoms with Crippen molar-refractivity contribution in [2.24, 2.45) is 0 Å². The van der Waals surface area contributed by atoms with Gasteiger partial charge in [0.2, 0.25) is 0 Å². The van der Waals surface area contributed by atoms with E-state index in [1.807, 2.05) is 18.2 Å². The molecule has 1 aliphatic rings. The zero-order valence-electron chi connectivity index (χ0n) is 11.0. The second kappa shape index (κ2) is 6.22. The van der Waals surface area contributed by atoms with E-state index in [0.717, 1.165) is 36.1 Å². The Labute approximate surface area is 127 Å². The predicted molar refractivity (Wildman–Crippen MR) is 82.0 cm³/mol. The number of thiophene rings is 1. The van der Waals surface area contributed by atoms with Crippen LogP contribution in [0, 0.1) is 5.82 Å². The Kier molecular flexibility index (Phi) is 4.36. The Morgan fingerprint density at radius 2 is 1.80 bits per heavy atom. The molecule has 2 heterocycles. The van der Waals surface area contributed by atoms with E-state index in [1.165, 1.54) is 17.0 Å². The maximum absolute atomic E-state index is 13.2. The molecule has 0 amide bonds. The molecule has 3 rings (SSSR count). The minimum atomic E-state index is -0.197. The van der Waals surface area contributed by atoms with Crippen molar-refractivity contribution in [2.75, 3.05) is 26.2 Å². The number of hydrogen-bond donors (Lipinski definition) is 1. The molecule has 5 heteroatoms. The summed E-state index contributed by atoms with van der Waals surface area (Å²) >= 11 is 7.68. The molecule has 2 aromatic rings. The summed E-state index contributed by atoms with van der Waals surface area (Å²) in [6, 6.07) is 11.0. The first-order chi connectivity index (χ1) is 9.74. The molecule has 106 valence electrons. The van der Waals surface area contributed by atoms with Crippen LogP contribution in [0.3, 0.4) is 0 Å². The van der Waals surface area contributed by atoms with Crippen LogP contribution in [0.25, 0.3) is 0 Å². The molecule has 2 nitrogen and oxygen atoms in total. The number of nitrogens with one attached hydrogen (secondary N) is 1.